The molecule has 0 aliphatic heterocycles. The Morgan fingerprint density at radius 1 is 0.854 bits per heavy atom. The number of aromatic amines is 1. The summed E-state index contributed by atoms with van der Waals surface area (Å²) in [4.78, 5) is 42.8. The van der Waals surface area contributed by atoms with Crippen LogP contribution in [0.2, 0.25) is 0 Å². The van der Waals surface area contributed by atoms with Crippen LogP contribution in [0.25, 0.3) is 22.0 Å². The van der Waals surface area contributed by atoms with Crippen molar-refractivity contribution in [2.45, 2.75) is 32.0 Å². The molecule has 0 unspecified atom stereocenters. The molecule has 8 nitrogen and oxygen atoms in total. The van der Waals surface area contributed by atoms with Crippen molar-refractivity contribution in [1.82, 2.24) is 15.2 Å². The van der Waals surface area contributed by atoms with Crippen LogP contribution in [0.15, 0.2) is 103 Å². The van der Waals surface area contributed by atoms with E-state index in [1.165, 1.54) is 12.1 Å². The lowest BCUT2D eigenvalue weighted by atomic mass is 9.97. The average molecular weight is 657 g/mol. The molecule has 4 aromatic carbocycles. The van der Waals surface area contributed by atoms with Gasteiger partial charge in [0.15, 0.2) is 0 Å². The first-order valence-corrected chi connectivity index (χ1v) is 15.5. The molecule has 48 heavy (non-hydrogen) atoms. The second-order valence-corrected chi connectivity index (χ2v) is 11.2. The number of nitrogens with two attached hydrogens (primary N) is 1. The number of alkyl halides is 3. The zero-order valence-electron chi connectivity index (χ0n) is 26.1. The van der Waals surface area contributed by atoms with Gasteiger partial charge >= 0.3 is 12.1 Å². The standard InChI is InChI=1S/C37H35F3N4O4/c38-37(39,40)36(47)48-29-15-12-25(13-16-29)18-21-44(34(45)17-14-28-23-43-33-11-4-3-9-31(28)33)24-26-6-5-7-27(22-26)30-8-1-2-10-32(30)35(46)42-20-19-41/h1-13,15-16,22-23,43H,14,17-21,24,41H2,(H,42,46). The molecule has 248 valence electrons. The molecule has 0 bridgehead atoms. The number of carbonyl (C=O) groups excluding carboxylic acids is 3. The molecule has 2 amide bonds. The minimum atomic E-state index is -5.09. The topological polar surface area (TPSA) is 118 Å². The zero-order chi connectivity index (χ0) is 34.1. The molecule has 11 heteroatoms. The number of halogens is 3. The molecular weight excluding hydrogens is 621 g/mol. The molecule has 0 atom stereocenters. The number of hydrogen-bond donors (Lipinski definition) is 3. The molecule has 5 rings (SSSR count). The van der Waals surface area contributed by atoms with E-state index in [4.69, 9.17) is 5.73 Å². The van der Waals surface area contributed by atoms with Crippen molar-refractivity contribution in [3.8, 4) is 16.9 Å². The minimum Gasteiger partial charge on any atom is -0.420 e. The molecule has 0 aliphatic carbocycles. The number of para-hydroxylation sites is 1. The van der Waals surface area contributed by atoms with E-state index in [0.29, 0.717) is 44.6 Å². The van der Waals surface area contributed by atoms with Gasteiger partial charge in [-0.1, -0.05) is 66.7 Å². The van der Waals surface area contributed by atoms with E-state index in [2.05, 4.69) is 15.0 Å². The quantitative estimate of drug-likeness (QED) is 0.103. The number of nitrogens with one attached hydrogen (secondary N) is 2. The lowest BCUT2D eigenvalue weighted by molar-refractivity contribution is -0.189. The van der Waals surface area contributed by atoms with E-state index in [1.807, 2.05) is 66.9 Å². The largest absolute Gasteiger partial charge is 0.491 e. The summed E-state index contributed by atoms with van der Waals surface area (Å²) in [5, 5.41) is 3.88. The van der Waals surface area contributed by atoms with Gasteiger partial charge in [-0.3, -0.25) is 9.59 Å². The number of hydrogen-bond acceptors (Lipinski definition) is 5. The zero-order valence-corrected chi connectivity index (χ0v) is 26.1. The predicted octanol–water partition coefficient (Wildman–Crippen LogP) is 6.20. The SMILES string of the molecule is NCCNC(=O)c1ccccc1-c1cccc(CN(CCc2ccc(OC(=O)C(F)(F)F)cc2)C(=O)CCc2c[nH]c3ccccc23)c1. The van der Waals surface area contributed by atoms with Gasteiger partial charge in [-0.2, -0.15) is 13.2 Å². The minimum absolute atomic E-state index is 0.0667. The molecule has 5 aromatic rings. The number of esters is 1. The molecule has 0 spiro atoms. The second-order valence-electron chi connectivity index (χ2n) is 11.2. The Morgan fingerprint density at radius 2 is 1.60 bits per heavy atom. The van der Waals surface area contributed by atoms with Crippen LogP contribution in [-0.2, 0) is 29.0 Å². The summed E-state index contributed by atoms with van der Waals surface area (Å²) >= 11 is 0. The molecule has 0 saturated heterocycles. The van der Waals surface area contributed by atoms with Gasteiger partial charge in [-0.15, -0.1) is 0 Å². The molecule has 0 fully saturated rings. The van der Waals surface area contributed by atoms with Crippen LogP contribution in [-0.4, -0.2) is 53.5 Å². The molecule has 0 radical (unpaired) electrons. The van der Waals surface area contributed by atoms with Gasteiger partial charge in [0.05, 0.1) is 0 Å². The third kappa shape index (κ3) is 8.68. The average Bonchev–Trinajstić information content (AvgIpc) is 3.51. The fraction of sp³-hybridized carbons (Fsp3) is 0.216. The first-order chi connectivity index (χ1) is 23.1. The van der Waals surface area contributed by atoms with Crippen molar-refractivity contribution in [3.63, 3.8) is 0 Å². The number of ether oxygens (including phenoxy) is 1. The highest BCUT2D eigenvalue weighted by molar-refractivity contribution is 6.01. The number of aryl methyl sites for hydroxylation is 1. The van der Waals surface area contributed by atoms with E-state index >= 15 is 0 Å². The van der Waals surface area contributed by atoms with Gasteiger partial charge in [-0.05, 0) is 71.0 Å². The number of aromatic nitrogens is 1. The number of carbonyl (C=O) groups is 3. The normalized spacial score (nSPS) is 11.3. The fourth-order valence-corrected chi connectivity index (χ4v) is 5.45. The van der Waals surface area contributed by atoms with Crippen LogP contribution in [0.4, 0.5) is 13.2 Å². The Kier molecular flexibility index (Phi) is 10.9. The molecule has 1 aromatic heterocycles. The van der Waals surface area contributed by atoms with E-state index < -0.39 is 12.1 Å². The molecular formula is C37H35F3N4O4. The predicted molar refractivity (Wildman–Crippen MR) is 177 cm³/mol. The number of rotatable bonds is 13. The number of benzene rings is 4. The maximum atomic E-state index is 13.8. The Hall–Kier alpha value is -5.42. The van der Waals surface area contributed by atoms with E-state index in [9.17, 15) is 27.6 Å². The molecule has 1 heterocycles. The van der Waals surface area contributed by atoms with Crippen molar-refractivity contribution < 1.29 is 32.3 Å². The summed E-state index contributed by atoms with van der Waals surface area (Å²) in [6.07, 6.45) is -1.97. The second kappa shape index (κ2) is 15.4. The summed E-state index contributed by atoms with van der Waals surface area (Å²) in [5.74, 6) is -2.80. The number of fused-ring (bicyclic) bond motifs is 1. The summed E-state index contributed by atoms with van der Waals surface area (Å²) in [7, 11) is 0. The Balaban J connectivity index is 1.34. The lowest BCUT2D eigenvalue weighted by Gasteiger charge is -2.24. The van der Waals surface area contributed by atoms with Crippen LogP contribution in [0.5, 0.6) is 5.75 Å². The van der Waals surface area contributed by atoms with Gasteiger partial charge in [-0.25, -0.2) is 4.79 Å². The molecule has 0 saturated carbocycles. The van der Waals surface area contributed by atoms with Crippen molar-refractivity contribution in [2.24, 2.45) is 5.73 Å². The van der Waals surface area contributed by atoms with Crippen molar-refractivity contribution in [3.05, 3.63) is 126 Å². The third-order valence-electron chi connectivity index (χ3n) is 7.88. The highest BCUT2D eigenvalue weighted by Crippen LogP contribution is 2.26. The van der Waals surface area contributed by atoms with Gasteiger partial charge < -0.3 is 25.7 Å². The smallest absolute Gasteiger partial charge is 0.420 e. The lowest BCUT2D eigenvalue weighted by Crippen LogP contribution is -2.32. The number of H-pyrrole nitrogens is 1. The maximum absolute atomic E-state index is 13.8. The first-order valence-electron chi connectivity index (χ1n) is 15.5. The first kappa shape index (κ1) is 33.9. The Labute approximate surface area is 275 Å². The maximum Gasteiger partial charge on any atom is 0.491 e. The van der Waals surface area contributed by atoms with Crippen LogP contribution >= 0.6 is 0 Å². The van der Waals surface area contributed by atoms with E-state index in [-0.39, 0.29) is 24.0 Å². The number of amides is 2. The van der Waals surface area contributed by atoms with Crippen molar-refractivity contribution >= 4 is 28.7 Å². The van der Waals surface area contributed by atoms with E-state index in [0.717, 1.165) is 38.7 Å². The highest BCUT2D eigenvalue weighted by atomic mass is 19.4. The van der Waals surface area contributed by atoms with Crippen LogP contribution in [0, 0.1) is 0 Å². The van der Waals surface area contributed by atoms with Gasteiger partial charge in [0.25, 0.3) is 5.91 Å². The molecule has 4 N–H and O–H groups in total. The van der Waals surface area contributed by atoms with Gasteiger partial charge in [0.1, 0.15) is 5.75 Å². The van der Waals surface area contributed by atoms with Crippen LogP contribution in [0.1, 0.15) is 33.5 Å². The monoisotopic (exact) mass is 656 g/mol. The summed E-state index contributed by atoms with van der Waals surface area (Å²) in [5.41, 5.74) is 11.3. The summed E-state index contributed by atoms with van der Waals surface area (Å²) < 4.78 is 42.2. The Bertz CT molecular complexity index is 1890. The summed E-state index contributed by atoms with van der Waals surface area (Å²) in [6, 6.07) is 28.6. The Morgan fingerprint density at radius 3 is 2.38 bits per heavy atom. The fourth-order valence-electron chi connectivity index (χ4n) is 5.45. The van der Waals surface area contributed by atoms with Crippen molar-refractivity contribution in [2.75, 3.05) is 19.6 Å². The number of nitrogens with zero attached hydrogens (tertiary/aromatic N) is 1. The van der Waals surface area contributed by atoms with E-state index in [1.54, 1.807) is 29.2 Å². The van der Waals surface area contributed by atoms with Gasteiger partial charge in [0.2, 0.25) is 5.91 Å². The highest BCUT2D eigenvalue weighted by Gasteiger charge is 2.41. The van der Waals surface area contributed by atoms with Crippen molar-refractivity contribution in [1.29, 1.82) is 0 Å². The summed E-state index contributed by atoms with van der Waals surface area (Å²) in [6.45, 7) is 1.30. The van der Waals surface area contributed by atoms with Gasteiger partial charge in [0, 0.05) is 55.3 Å². The molecule has 0 aliphatic rings. The van der Waals surface area contributed by atoms with Crippen LogP contribution in [0.3, 0.4) is 0 Å². The third-order valence-corrected chi connectivity index (χ3v) is 7.88. The van der Waals surface area contributed by atoms with Crippen LogP contribution < -0.4 is 15.8 Å².